The average molecular weight is 388 g/mol. The SMILES string of the molecule is NC(Cc1ccc(CF)cc1)SCC(=O)N1CCCCC1c1cccnc1. The number of rotatable bonds is 7. The Labute approximate surface area is 164 Å². The van der Waals surface area contributed by atoms with E-state index in [9.17, 15) is 9.18 Å². The Hall–Kier alpha value is -1.92. The van der Waals surface area contributed by atoms with Crippen molar-refractivity contribution in [1.82, 2.24) is 9.88 Å². The van der Waals surface area contributed by atoms with Crippen LogP contribution in [0.25, 0.3) is 0 Å². The fourth-order valence-electron chi connectivity index (χ4n) is 3.47. The number of hydrogen-bond acceptors (Lipinski definition) is 4. The summed E-state index contributed by atoms with van der Waals surface area (Å²) in [6.07, 6.45) is 7.43. The van der Waals surface area contributed by atoms with Gasteiger partial charge in [-0.2, -0.15) is 0 Å². The van der Waals surface area contributed by atoms with Crippen LogP contribution in [0.5, 0.6) is 0 Å². The van der Waals surface area contributed by atoms with Crippen molar-refractivity contribution >= 4 is 17.7 Å². The van der Waals surface area contributed by atoms with Crippen LogP contribution in [-0.2, 0) is 17.9 Å². The lowest BCUT2D eigenvalue weighted by Gasteiger charge is -2.36. The Kier molecular flexibility index (Phi) is 7.24. The first-order chi connectivity index (χ1) is 13.2. The molecule has 2 unspecified atom stereocenters. The van der Waals surface area contributed by atoms with Gasteiger partial charge in [0.05, 0.1) is 17.2 Å². The minimum absolute atomic E-state index is 0.116. The van der Waals surface area contributed by atoms with Crippen LogP contribution in [-0.4, -0.2) is 33.5 Å². The summed E-state index contributed by atoms with van der Waals surface area (Å²) >= 11 is 1.48. The van der Waals surface area contributed by atoms with E-state index < -0.39 is 6.67 Å². The number of nitrogens with zero attached hydrogens (tertiary/aromatic N) is 2. The van der Waals surface area contributed by atoms with Crippen LogP contribution in [0.3, 0.4) is 0 Å². The summed E-state index contributed by atoms with van der Waals surface area (Å²) in [5.74, 6) is 0.511. The summed E-state index contributed by atoms with van der Waals surface area (Å²) in [6, 6.07) is 11.5. The highest BCUT2D eigenvalue weighted by atomic mass is 32.2. The molecule has 0 saturated carbocycles. The Bertz CT molecular complexity index is 726. The molecule has 1 aromatic carbocycles. The Morgan fingerprint density at radius 1 is 1.26 bits per heavy atom. The van der Waals surface area contributed by atoms with Gasteiger partial charge < -0.3 is 10.6 Å². The Morgan fingerprint density at radius 3 is 2.74 bits per heavy atom. The predicted molar refractivity (Wildman–Crippen MR) is 108 cm³/mol. The number of carbonyl (C=O) groups is 1. The van der Waals surface area contributed by atoms with Crippen molar-refractivity contribution in [3.05, 3.63) is 65.5 Å². The minimum Gasteiger partial charge on any atom is -0.335 e. The number of amides is 1. The second-order valence-corrected chi connectivity index (χ2v) is 8.12. The zero-order valence-electron chi connectivity index (χ0n) is 15.4. The van der Waals surface area contributed by atoms with Gasteiger partial charge in [-0.25, -0.2) is 4.39 Å². The second kappa shape index (κ2) is 9.85. The summed E-state index contributed by atoms with van der Waals surface area (Å²) in [6.45, 7) is 0.336. The molecule has 1 aliphatic rings. The number of pyridine rings is 1. The van der Waals surface area contributed by atoms with Crippen LogP contribution >= 0.6 is 11.8 Å². The van der Waals surface area contributed by atoms with Crippen molar-refractivity contribution in [1.29, 1.82) is 0 Å². The van der Waals surface area contributed by atoms with Gasteiger partial charge in [0.25, 0.3) is 0 Å². The zero-order valence-corrected chi connectivity index (χ0v) is 16.2. The van der Waals surface area contributed by atoms with Crippen molar-refractivity contribution in [3.63, 3.8) is 0 Å². The summed E-state index contributed by atoms with van der Waals surface area (Å²) in [4.78, 5) is 19.0. The third-order valence-electron chi connectivity index (χ3n) is 4.93. The number of likely N-dealkylation sites (tertiary alicyclic amines) is 1. The molecule has 0 bridgehead atoms. The zero-order chi connectivity index (χ0) is 19.1. The summed E-state index contributed by atoms with van der Waals surface area (Å²) in [5, 5.41) is -0.160. The monoisotopic (exact) mass is 387 g/mol. The number of alkyl halides is 1. The Balaban J connectivity index is 1.53. The summed E-state index contributed by atoms with van der Waals surface area (Å²) < 4.78 is 12.6. The molecule has 2 heterocycles. The number of thioether (sulfide) groups is 1. The van der Waals surface area contributed by atoms with E-state index in [0.29, 0.717) is 17.7 Å². The standard InChI is InChI=1S/C21H26FN3OS/c22-13-17-8-6-16(7-9-17)12-20(23)27-15-21(26)25-11-2-1-5-19(25)18-4-3-10-24-14-18/h3-4,6-10,14,19-20H,1-2,5,11-13,15,23H2. The highest BCUT2D eigenvalue weighted by Gasteiger charge is 2.28. The lowest BCUT2D eigenvalue weighted by atomic mass is 9.96. The highest BCUT2D eigenvalue weighted by molar-refractivity contribution is 8.00. The number of benzene rings is 1. The van der Waals surface area contributed by atoms with Crippen LogP contribution in [0, 0.1) is 0 Å². The maximum atomic E-state index is 12.8. The number of carbonyl (C=O) groups excluding carboxylic acids is 1. The van der Waals surface area contributed by atoms with E-state index in [4.69, 9.17) is 5.73 Å². The smallest absolute Gasteiger partial charge is 0.233 e. The molecule has 27 heavy (non-hydrogen) atoms. The average Bonchev–Trinajstić information content (AvgIpc) is 2.73. The maximum absolute atomic E-state index is 12.8. The van der Waals surface area contributed by atoms with Crippen molar-refractivity contribution in [2.75, 3.05) is 12.3 Å². The first-order valence-corrected chi connectivity index (χ1v) is 10.4. The van der Waals surface area contributed by atoms with Crippen LogP contribution in [0.1, 0.15) is 42.0 Å². The molecule has 0 aliphatic carbocycles. The molecule has 6 heteroatoms. The molecule has 2 aromatic rings. The normalized spacial score (nSPS) is 18.3. The summed E-state index contributed by atoms with van der Waals surface area (Å²) in [5.41, 5.74) is 9.04. The number of halogens is 1. The Morgan fingerprint density at radius 2 is 2.04 bits per heavy atom. The molecule has 1 saturated heterocycles. The van der Waals surface area contributed by atoms with Gasteiger partial charge in [0.15, 0.2) is 0 Å². The van der Waals surface area contributed by atoms with Gasteiger partial charge in [-0.1, -0.05) is 30.3 Å². The molecule has 1 fully saturated rings. The third-order valence-corrected chi connectivity index (χ3v) is 5.94. The van der Waals surface area contributed by atoms with E-state index in [1.807, 2.05) is 35.4 Å². The maximum Gasteiger partial charge on any atom is 0.233 e. The van der Waals surface area contributed by atoms with Crippen molar-refractivity contribution in [2.45, 2.75) is 43.8 Å². The van der Waals surface area contributed by atoms with E-state index in [0.717, 1.165) is 36.9 Å². The first-order valence-electron chi connectivity index (χ1n) is 9.37. The van der Waals surface area contributed by atoms with E-state index in [1.165, 1.54) is 11.8 Å². The van der Waals surface area contributed by atoms with Crippen LogP contribution in [0.4, 0.5) is 4.39 Å². The molecule has 0 spiro atoms. The van der Waals surface area contributed by atoms with E-state index in [-0.39, 0.29) is 17.3 Å². The van der Waals surface area contributed by atoms with Gasteiger partial charge in [0, 0.05) is 18.9 Å². The number of aromatic nitrogens is 1. The molecule has 2 N–H and O–H groups in total. The van der Waals surface area contributed by atoms with Crippen molar-refractivity contribution in [2.24, 2.45) is 5.73 Å². The van der Waals surface area contributed by atoms with Crippen molar-refractivity contribution in [3.8, 4) is 0 Å². The molecule has 2 atom stereocenters. The van der Waals surface area contributed by atoms with Crippen LogP contribution in [0.15, 0.2) is 48.8 Å². The molecule has 1 aromatic heterocycles. The number of hydrogen-bond donors (Lipinski definition) is 1. The lowest BCUT2D eigenvalue weighted by Crippen LogP contribution is -2.40. The molecule has 1 amide bonds. The second-order valence-electron chi connectivity index (χ2n) is 6.89. The van der Waals surface area contributed by atoms with Gasteiger partial charge in [-0.3, -0.25) is 9.78 Å². The van der Waals surface area contributed by atoms with E-state index in [2.05, 4.69) is 4.98 Å². The number of piperidine rings is 1. The molecule has 0 radical (unpaired) electrons. The number of nitrogens with two attached hydrogens (primary N) is 1. The van der Waals surface area contributed by atoms with E-state index in [1.54, 1.807) is 18.3 Å². The van der Waals surface area contributed by atoms with Crippen LogP contribution in [0.2, 0.25) is 0 Å². The highest BCUT2D eigenvalue weighted by Crippen LogP contribution is 2.31. The minimum atomic E-state index is -0.455. The van der Waals surface area contributed by atoms with Crippen molar-refractivity contribution < 1.29 is 9.18 Å². The summed E-state index contributed by atoms with van der Waals surface area (Å²) in [7, 11) is 0. The molecule has 1 aliphatic heterocycles. The predicted octanol–water partition coefficient (Wildman–Crippen LogP) is 3.87. The molecular formula is C21H26FN3OS. The first kappa shape index (κ1) is 19.8. The van der Waals surface area contributed by atoms with Gasteiger partial charge in [-0.15, -0.1) is 11.8 Å². The van der Waals surface area contributed by atoms with Gasteiger partial charge in [0.1, 0.15) is 6.67 Å². The molecule has 144 valence electrons. The third kappa shape index (κ3) is 5.53. The fourth-order valence-corrected chi connectivity index (χ4v) is 4.30. The fraction of sp³-hybridized carbons (Fsp3) is 0.429. The topological polar surface area (TPSA) is 59.2 Å². The van der Waals surface area contributed by atoms with E-state index >= 15 is 0 Å². The molecule has 4 nitrogen and oxygen atoms in total. The quantitative estimate of drug-likeness (QED) is 0.733. The van der Waals surface area contributed by atoms with Gasteiger partial charge >= 0.3 is 0 Å². The molecule has 3 rings (SSSR count). The van der Waals surface area contributed by atoms with Gasteiger partial charge in [0.2, 0.25) is 5.91 Å². The molecular weight excluding hydrogens is 361 g/mol. The largest absolute Gasteiger partial charge is 0.335 e. The lowest BCUT2D eigenvalue weighted by molar-refractivity contribution is -0.132. The van der Waals surface area contributed by atoms with Gasteiger partial charge in [-0.05, 0) is 48.4 Å². The van der Waals surface area contributed by atoms with Crippen LogP contribution < -0.4 is 5.73 Å².